The zero-order valence-corrected chi connectivity index (χ0v) is 18.5. The Balaban J connectivity index is 1.57. The zero-order chi connectivity index (χ0) is 21.7. The molecule has 3 aromatic rings. The van der Waals surface area contributed by atoms with E-state index in [-0.39, 0.29) is 11.9 Å². The molecule has 3 rings (SSSR count). The Kier molecular flexibility index (Phi) is 6.83. The molecule has 6 heteroatoms. The van der Waals surface area contributed by atoms with Gasteiger partial charge in [-0.1, -0.05) is 30.7 Å². The van der Waals surface area contributed by atoms with Crippen LogP contribution in [0.3, 0.4) is 0 Å². The lowest BCUT2D eigenvalue weighted by molar-refractivity contribution is -0.155. The van der Waals surface area contributed by atoms with Gasteiger partial charge in [-0.2, -0.15) is 5.10 Å². The first-order valence-corrected chi connectivity index (χ1v) is 10.3. The molecule has 0 aliphatic carbocycles. The molecule has 1 aromatic heterocycles. The fourth-order valence-corrected chi connectivity index (χ4v) is 3.14. The number of ether oxygens (including phenoxy) is 2. The molecular weight excluding hydrogens is 400 g/mol. The lowest BCUT2D eigenvalue weighted by Crippen LogP contribution is -2.25. The summed E-state index contributed by atoms with van der Waals surface area (Å²) in [5, 5.41) is 5.11. The molecule has 0 unspecified atom stereocenters. The second-order valence-corrected chi connectivity index (χ2v) is 8.86. The van der Waals surface area contributed by atoms with Gasteiger partial charge in [0.1, 0.15) is 17.1 Å². The number of nitrogens with zero attached hydrogens (tertiary/aromatic N) is 2. The quantitative estimate of drug-likeness (QED) is 0.412. The van der Waals surface area contributed by atoms with E-state index in [0.717, 1.165) is 22.6 Å². The first-order valence-electron chi connectivity index (χ1n) is 9.96. The van der Waals surface area contributed by atoms with Crippen LogP contribution in [0.1, 0.15) is 34.1 Å². The summed E-state index contributed by atoms with van der Waals surface area (Å²) in [7, 11) is 0. The Morgan fingerprint density at radius 2 is 1.63 bits per heavy atom. The maximum absolute atomic E-state index is 12.0. The molecule has 0 saturated carbocycles. The first kappa shape index (κ1) is 21.9. The Hall–Kier alpha value is -2.79. The van der Waals surface area contributed by atoms with Gasteiger partial charge in [-0.05, 0) is 68.7 Å². The topological polar surface area (TPSA) is 53.4 Å². The third-order valence-electron chi connectivity index (χ3n) is 4.30. The Morgan fingerprint density at radius 1 is 1.03 bits per heavy atom. The molecule has 5 nitrogen and oxygen atoms in total. The third kappa shape index (κ3) is 6.63. The van der Waals surface area contributed by atoms with E-state index in [9.17, 15) is 4.79 Å². The molecule has 0 fully saturated rings. The van der Waals surface area contributed by atoms with Gasteiger partial charge in [0.15, 0.2) is 0 Å². The van der Waals surface area contributed by atoms with Crippen molar-refractivity contribution in [3.63, 3.8) is 0 Å². The van der Waals surface area contributed by atoms with E-state index in [1.54, 1.807) is 12.1 Å². The summed E-state index contributed by atoms with van der Waals surface area (Å²) >= 11 is 5.90. The third-order valence-corrected chi connectivity index (χ3v) is 4.56. The molecule has 0 spiro atoms. The number of benzene rings is 2. The van der Waals surface area contributed by atoms with Crippen molar-refractivity contribution in [3.05, 3.63) is 65.9 Å². The average Bonchev–Trinajstić information content (AvgIpc) is 3.11. The fourth-order valence-electron chi connectivity index (χ4n) is 3.02. The normalized spacial score (nSPS) is 12.4. The summed E-state index contributed by atoms with van der Waals surface area (Å²) in [6, 6.07) is 15.1. The van der Waals surface area contributed by atoms with E-state index >= 15 is 0 Å². The van der Waals surface area contributed by atoms with Gasteiger partial charge >= 0.3 is 5.97 Å². The molecule has 30 heavy (non-hydrogen) atoms. The second kappa shape index (κ2) is 9.35. The average molecular weight is 427 g/mol. The van der Waals surface area contributed by atoms with E-state index < -0.39 is 5.60 Å². The summed E-state index contributed by atoms with van der Waals surface area (Å²) in [5.41, 5.74) is 1.60. The van der Waals surface area contributed by atoms with Gasteiger partial charge in [0.25, 0.3) is 0 Å². The lowest BCUT2D eigenvalue weighted by Gasteiger charge is -2.20. The minimum Gasteiger partial charge on any atom is -0.460 e. The molecule has 0 aliphatic rings. The number of hydrogen-bond donors (Lipinski definition) is 0. The minimum atomic E-state index is -0.459. The van der Waals surface area contributed by atoms with Crippen LogP contribution in [0.15, 0.2) is 60.9 Å². The van der Waals surface area contributed by atoms with Crippen LogP contribution in [0.25, 0.3) is 11.1 Å². The second-order valence-electron chi connectivity index (χ2n) is 8.43. The van der Waals surface area contributed by atoms with Gasteiger partial charge in [-0.3, -0.25) is 9.48 Å². The molecule has 1 atom stereocenters. The summed E-state index contributed by atoms with van der Waals surface area (Å²) in [5.74, 6) is 1.43. The Labute approximate surface area is 182 Å². The van der Waals surface area contributed by atoms with Crippen LogP contribution in [-0.2, 0) is 16.1 Å². The Morgan fingerprint density at radius 3 is 2.23 bits per heavy atom. The molecule has 158 valence electrons. The van der Waals surface area contributed by atoms with E-state index in [4.69, 9.17) is 21.1 Å². The number of carbonyl (C=O) groups excluding carboxylic acids is 1. The SMILES string of the molecule is C[C@@H](CC(=O)OC(C)(C)C)Cn1cc(-c2ccc(Oc3ccc(Cl)cc3)cc2)cn1. The predicted octanol–water partition coefficient (Wildman–Crippen LogP) is 6.36. The molecular formula is C24H27ClN2O3. The van der Waals surface area contributed by atoms with Crippen LogP contribution in [-0.4, -0.2) is 21.4 Å². The van der Waals surface area contributed by atoms with Gasteiger partial charge in [0.05, 0.1) is 6.20 Å². The van der Waals surface area contributed by atoms with Crippen molar-refractivity contribution >= 4 is 17.6 Å². The van der Waals surface area contributed by atoms with Crippen LogP contribution >= 0.6 is 11.6 Å². The Bertz CT molecular complexity index is 973. The van der Waals surface area contributed by atoms with Crippen molar-refractivity contribution in [1.29, 1.82) is 0 Å². The van der Waals surface area contributed by atoms with E-state index in [1.165, 1.54) is 0 Å². The zero-order valence-electron chi connectivity index (χ0n) is 17.8. The van der Waals surface area contributed by atoms with Crippen LogP contribution in [0.5, 0.6) is 11.5 Å². The van der Waals surface area contributed by atoms with Crippen molar-refractivity contribution in [2.75, 3.05) is 0 Å². The van der Waals surface area contributed by atoms with E-state index in [1.807, 2.05) is 81.2 Å². The number of carbonyl (C=O) groups is 1. The molecule has 0 radical (unpaired) electrons. The number of halogens is 1. The van der Waals surface area contributed by atoms with Crippen molar-refractivity contribution in [3.8, 4) is 22.6 Å². The van der Waals surface area contributed by atoms with Crippen LogP contribution in [0, 0.1) is 5.92 Å². The summed E-state index contributed by atoms with van der Waals surface area (Å²) in [6.07, 6.45) is 4.18. The maximum atomic E-state index is 12.0. The van der Waals surface area contributed by atoms with E-state index in [2.05, 4.69) is 5.10 Å². The fraction of sp³-hybridized carbons (Fsp3) is 0.333. The minimum absolute atomic E-state index is 0.128. The van der Waals surface area contributed by atoms with Gasteiger partial charge in [-0.15, -0.1) is 0 Å². The highest BCUT2D eigenvalue weighted by Crippen LogP contribution is 2.26. The highest BCUT2D eigenvalue weighted by Gasteiger charge is 2.19. The number of aromatic nitrogens is 2. The molecule has 2 aromatic carbocycles. The molecule has 0 bridgehead atoms. The molecule has 0 N–H and O–H groups in total. The lowest BCUT2D eigenvalue weighted by atomic mass is 10.1. The first-order chi connectivity index (χ1) is 14.2. The van der Waals surface area contributed by atoms with Crippen molar-refractivity contribution in [1.82, 2.24) is 9.78 Å². The molecule has 0 aliphatic heterocycles. The van der Waals surface area contributed by atoms with Gasteiger partial charge in [-0.25, -0.2) is 0 Å². The highest BCUT2D eigenvalue weighted by atomic mass is 35.5. The number of esters is 1. The number of hydrogen-bond acceptors (Lipinski definition) is 4. The summed E-state index contributed by atoms with van der Waals surface area (Å²) in [4.78, 5) is 12.0. The van der Waals surface area contributed by atoms with Crippen molar-refractivity contribution < 1.29 is 14.3 Å². The molecule has 0 amide bonds. The van der Waals surface area contributed by atoms with Gasteiger partial charge in [0, 0.05) is 29.7 Å². The summed E-state index contributed by atoms with van der Waals surface area (Å²) < 4.78 is 13.1. The van der Waals surface area contributed by atoms with E-state index in [0.29, 0.717) is 18.0 Å². The summed E-state index contributed by atoms with van der Waals surface area (Å²) in [6.45, 7) is 8.30. The van der Waals surface area contributed by atoms with Crippen LogP contribution < -0.4 is 4.74 Å². The standard InChI is InChI=1S/C24H27ClN2O3/c1-17(13-23(28)30-24(2,3)4)15-27-16-19(14-26-27)18-5-9-21(10-6-18)29-22-11-7-20(25)8-12-22/h5-12,14,16-17H,13,15H2,1-4H3/t17-/m0/s1. The number of rotatable bonds is 7. The largest absolute Gasteiger partial charge is 0.460 e. The van der Waals surface area contributed by atoms with Gasteiger partial charge in [0.2, 0.25) is 0 Å². The monoisotopic (exact) mass is 426 g/mol. The van der Waals surface area contributed by atoms with Gasteiger partial charge < -0.3 is 9.47 Å². The predicted molar refractivity (Wildman–Crippen MR) is 119 cm³/mol. The highest BCUT2D eigenvalue weighted by molar-refractivity contribution is 6.30. The van der Waals surface area contributed by atoms with Crippen molar-refractivity contribution in [2.24, 2.45) is 5.92 Å². The molecule has 1 heterocycles. The van der Waals surface area contributed by atoms with Crippen LogP contribution in [0.2, 0.25) is 5.02 Å². The van der Waals surface area contributed by atoms with Crippen molar-refractivity contribution in [2.45, 2.75) is 46.3 Å². The van der Waals surface area contributed by atoms with Crippen LogP contribution in [0.4, 0.5) is 0 Å². The maximum Gasteiger partial charge on any atom is 0.306 e. The molecule has 0 saturated heterocycles. The smallest absolute Gasteiger partial charge is 0.306 e.